The average molecular weight is 276 g/mol. The van der Waals surface area contributed by atoms with Gasteiger partial charge in [0.05, 0.1) is 16.2 Å². The van der Waals surface area contributed by atoms with E-state index in [4.69, 9.17) is 11.6 Å². The summed E-state index contributed by atoms with van der Waals surface area (Å²) < 4.78 is 0. The van der Waals surface area contributed by atoms with Gasteiger partial charge in [-0.3, -0.25) is 4.98 Å². The average Bonchev–Trinajstić information content (AvgIpc) is 2.45. The van der Waals surface area contributed by atoms with Crippen LogP contribution in [0.15, 0.2) is 24.4 Å². The molecule has 0 aliphatic carbocycles. The number of aryl methyl sites for hydroxylation is 1. The zero-order valence-corrected chi connectivity index (χ0v) is 11.8. The molecule has 3 nitrogen and oxygen atoms in total. The van der Waals surface area contributed by atoms with E-state index < -0.39 is 0 Å². The molecule has 2 N–H and O–H groups in total. The third-order valence-electron chi connectivity index (χ3n) is 3.68. The van der Waals surface area contributed by atoms with E-state index >= 15 is 0 Å². The van der Waals surface area contributed by atoms with Crippen molar-refractivity contribution in [2.45, 2.75) is 25.8 Å². The molecule has 0 bridgehead atoms. The molecule has 0 saturated carbocycles. The summed E-state index contributed by atoms with van der Waals surface area (Å²) in [5, 5.41) is 8.89. The predicted octanol–water partition coefficient (Wildman–Crippen LogP) is 3.36. The van der Waals surface area contributed by atoms with Crippen LogP contribution in [0.1, 0.15) is 18.4 Å². The Morgan fingerprint density at radius 3 is 3.16 bits per heavy atom. The highest BCUT2D eigenvalue weighted by Gasteiger charge is 2.16. The number of fused-ring (bicyclic) bond motifs is 1. The molecule has 100 valence electrons. The van der Waals surface area contributed by atoms with Gasteiger partial charge in [0.2, 0.25) is 0 Å². The van der Waals surface area contributed by atoms with Gasteiger partial charge in [-0.15, -0.1) is 0 Å². The van der Waals surface area contributed by atoms with E-state index in [1.54, 1.807) is 0 Å². The number of aromatic nitrogens is 1. The lowest BCUT2D eigenvalue weighted by Gasteiger charge is -2.26. The zero-order chi connectivity index (χ0) is 13.2. The molecule has 1 aromatic carbocycles. The standard InChI is InChI=1S/C15H18ClN3/c1-10-8-13(16)15(12-5-3-7-18-14(10)12)19-11-4-2-6-17-9-11/h3,5,7-8,11,17,19H,2,4,6,9H2,1H3. The molecular formula is C15H18ClN3. The van der Waals surface area contributed by atoms with Gasteiger partial charge in [-0.05, 0) is 50.1 Å². The maximum Gasteiger partial charge on any atom is 0.0752 e. The van der Waals surface area contributed by atoms with Crippen molar-refractivity contribution in [1.82, 2.24) is 10.3 Å². The number of pyridine rings is 1. The molecule has 0 radical (unpaired) electrons. The molecule has 1 aromatic heterocycles. The lowest BCUT2D eigenvalue weighted by Crippen LogP contribution is -2.38. The minimum absolute atomic E-state index is 0.442. The fourth-order valence-corrected chi connectivity index (χ4v) is 3.03. The van der Waals surface area contributed by atoms with E-state index in [-0.39, 0.29) is 0 Å². The molecule has 1 fully saturated rings. The number of halogens is 1. The van der Waals surface area contributed by atoms with Crippen LogP contribution in [0.2, 0.25) is 5.02 Å². The van der Waals surface area contributed by atoms with Gasteiger partial charge in [-0.25, -0.2) is 0 Å². The Labute approximate surface area is 118 Å². The lowest BCUT2D eigenvalue weighted by atomic mass is 10.0. The van der Waals surface area contributed by atoms with Gasteiger partial charge in [0, 0.05) is 24.2 Å². The lowest BCUT2D eigenvalue weighted by molar-refractivity contribution is 0.480. The molecule has 1 saturated heterocycles. The van der Waals surface area contributed by atoms with Crippen LogP contribution in [-0.2, 0) is 0 Å². The van der Waals surface area contributed by atoms with E-state index in [9.17, 15) is 0 Å². The molecule has 1 atom stereocenters. The molecule has 2 aromatic rings. The van der Waals surface area contributed by atoms with Crippen molar-refractivity contribution >= 4 is 28.2 Å². The normalized spacial score (nSPS) is 19.6. The van der Waals surface area contributed by atoms with Gasteiger partial charge >= 0.3 is 0 Å². The number of hydrogen-bond acceptors (Lipinski definition) is 3. The summed E-state index contributed by atoms with van der Waals surface area (Å²) in [5.41, 5.74) is 3.16. The van der Waals surface area contributed by atoms with Crippen molar-refractivity contribution in [2.75, 3.05) is 18.4 Å². The van der Waals surface area contributed by atoms with Crippen LogP contribution in [0, 0.1) is 6.92 Å². The van der Waals surface area contributed by atoms with Crippen molar-refractivity contribution in [3.05, 3.63) is 35.0 Å². The monoisotopic (exact) mass is 275 g/mol. The first-order chi connectivity index (χ1) is 9.25. The second-order valence-corrected chi connectivity index (χ2v) is 5.54. The first-order valence-corrected chi connectivity index (χ1v) is 7.14. The van der Waals surface area contributed by atoms with Crippen molar-refractivity contribution in [3.63, 3.8) is 0 Å². The summed E-state index contributed by atoms with van der Waals surface area (Å²) in [6.07, 6.45) is 4.21. The van der Waals surface area contributed by atoms with Crippen molar-refractivity contribution in [2.24, 2.45) is 0 Å². The molecule has 0 amide bonds. The Bertz CT molecular complexity index is 591. The van der Waals surface area contributed by atoms with Crippen LogP contribution >= 0.6 is 11.6 Å². The Balaban J connectivity index is 2.01. The van der Waals surface area contributed by atoms with Crippen LogP contribution < -0.4 is 10.6 Å². The van der Waals surface area contributed by atoms with Gasteiger partial charge in [-0.2, -0.15) is 0 Å². The number of hydrogen-bond donors (Lipinski definition) is 2. The number of piperidine rings is 1. The molecule has 0 spiro atoms. The van der Waals surface area contributed by atoms with Crippen LogP contribution in [0.5, 0.6) is 0 Å². The Hall–Kier alpha value is -1.32. The Kier molecular flexibility index (Phi) is 3.58. The van der Waals surface area contributed by atoms with Gasteiger partial charge in [-0.1, -0.05) is 11.6 Å². The fourth-order valence-electron chi connectivity index (χ4n) is 2.71. The van der Waals surface area contributed by atoms with Crippen LogP contribution in [0.25, 0.3) is 10.9 Å². The van der Waals surface area contributed by atoms with E-state index in [0.717, 1.165) is 40.3 Å². The molecule has 2 heterocycles. The topological polar surface area (TPSA) is 37.0 Å². The molecule has 4 heteroatoms. The zero-order valence-electron chi connectivity index (χ0n) is 11.0. The first-order valence-electron chi connectivity index (χ1n) is 6.77. The summed E-state index contributed by atoms with van der Waals surface area (Å²) in [5.74, 6) is 0. The van der Waals surface area contributed by atoms with E-state index in [1.165, 1.54) is 12.8 Å². The van der Waals surface area contributed by atoms with Crippen LogP contribution in [-0.4, -0.2) is 24.1 Å². The third-order valence-corrected chi connectivity index (χ3v) is 3.98. The van der Waals surface area contributed by atoms with Gasteiger partial charge in [0.1, 0.15) is 0 Å². The quantitative estimate of drug-likeness (QED) is 0.882. The highest BCUT2D eigenvalue weighted by molar-refractivity contribution is 6.35. The Morgan fingerprint density at radius 1 is 1.47 bits per heavy atom. The summed E-state index contributed by atoms with van der Waals surface area (Å²) in [7, 11) is 0. The van der Waals surface area contributed by atoms with Gasteiger partial charge in [0.15, 0.2) is 0 Å². The largest absolute Gasteiger partial charge is 0.379 e. The first kappa shape index (κ1) is 12.7. The summed E-state index contributed by atoms with van der Waals surface area (Å²) in [4.78, 5) is 4.46. The van der Waals surface area contributed by atoms with Crippen LogP contribution in [0.4, 0.5) is 5.69 Å². The SMILES string of the molecule is Cc1cc(Cl)c(NC2CCCNC2)c2cccnc12. The molecule has 1 unspecified atom stereocenters. The van der Waals surface area contributed by atoms with Crippen molar-refractivity contribution < 1.29 is 0 Å². The van der Waals surface area contributed by atoms with Gasteiger partial charge < -0.3 is 10.6 Å². The van der Waals surface area contributed by atoms with Crippen molar-refractivity contribution in [3.8, 4) is 0 Å². The molecule has 3 rings (SSSR count). The summed E-state index contributed by atoms with van der Waals surface area (Å²) in [6.45, 7) is 4.15. The van der Waals surface area contributed by atoms with E-state index in [0.29, 0.717) is 6.04 Å². The summed E-state index contributed by atoms with van der Waals surface area (Å²) in [6, 6.07) is 6.48. The third kappa shape index (κ3) is 2.53. The minimum Gasteiger partial charge on any atom is -0.379 e. The minimum atomic E-state index is 0.442. The summed E-state index contributed by atoms with van der Waals surface area (Å²) >= 11 is 6.42. The number of nitrogens with one attached hydrogen (secondary N) is 2. The van der Waals surface area contributed by atoms with E-state index in [1.807, 2.05) is 25.3 Å². The predicted molar refractivity (Wildman–Crippen MR) is 81.0 cm³/mol. The van der Waals surface area contributed by atoms with E-state index in [2.05, 4.69) is 21.7 Å². The van der Waals surface area contributed by atoms with Gasteiger partial charge in [0.25, 0.3) is 0 Å². The smallest absolute Gasteiger partial charge is 0.0752 e. The molecule has 19 heavy (non-hydrogen) atoms. The molecule has 1 aliphatic rings. The maximum absolute atomic E-state index is 6.42. The van der Waals surface area contributed by atoms with Crippen molar-refractivity contribution in [1.29, 1.82) is 0 Å². The number of benzene rings is 1. The second kappa shape index (κ2) is 5.35. The molecule has 1 aliphatic heterocycles. The Morgan fingerprint density at radius 2 is 2.37 bits per heavy atom. The molecular weight excluding hydrogens is 258 g/mol. The highest BCUT2D eigenvalue weighted by Crippen LogP contribution is 2.33. The van der Waals surface area contributed by atoms with Crippen LogP contribution in [0.3, 0.4) is 0 Å². The number of rotatable bonds is 2. The highest BCUT2D eigenvalue weighted by atomic mass is 35.5. The number of nitrogens with zero attached hydrogens (tertiary/aromatic N) is 1. The fraction of sp³-hybridized carbons (Fsp3) is 0.400. The second-order valence-electron chi connectivity index (χ2n) is 5.14. The number of anilines is 1. The maximum atomic E-state index is 6.42.